The minimum absolute atomic E-state index is 0.106. The summed E-state index contributed by atoms with van der Waals surface area (Å²) >= 11 is 1.75. The van der Waals surface area contributed by atoms with Gasteiger partial charge in [0.05, 0.1) is 0 Å². The van der Waals surface area contributed by atoms with Gasteiger partial charge in [0.2, 0.25) is 5.88 Å². The Bertz CT molecular complexity index is 1050. The fourth-order valence-corrected chi connectivity index (χ4v) is 6.28. The summed E-state index contributed by atoms with van der Waals surface area (Å²) in [6, 6.07) is 9.19. The van der Waals surface area contributed by atoms with Crippen molar-refractivity contribution in [2.45, 2.75) is 64.3 Å². The average Bonchev–Trinajstić information content (AvgIpc) is 3.34. The van der Waals surface area contributed by atoms with Gasteiger partial charge in [-0.25, -0.2) is 0 Å². The summed E-state index contributed by atoms with van der Waals surface area (Å²) in [5.41, 5.74) is 5.10. The van der Waals surface area contributed by atoms with Crippen LogP contribution in [0.15, 0.2) is 36.7 Å². The van der Waals surface area contributed by atoms with E-state index in [4.69, 9.17) is 9.72 Å². The van der Waals surface area contributed by atoms with Gasteiger partial charge in [-0.1, -0.05) is 23.5 Å². The van der Waals surface area contributed by atoms with E-state index in [0.717, 1.165) is 28.7 Å². The monoisotopic (exact) mass is 422 g/mol. The van der Waals surface area contributed by atoms with Crippen LogP contribution in [0.2, 0.25) is 0 Å². The van der Waals surface area contributed by atoms with Gasteiger partial charge in [-0.05, 0) is 69.4 Å². The van der Waals surface area contributed by atoms with Crippen molar-refractivity contribution in [3.63, 3.8) is 0 Å². The van der Waals surface area contributed by atoms with E-state index in [1.165, 1.54) is 22.3 Å². The zero-order chi connectivity index (χ0) is 21.1. The number of hydrogen-bond acceptors (Lipinski definition) is 5. The van der Waals surface area contributed by atoms with Crippen LogP contribution in [0.1, 0.15) is 46.1 Å². The topological polar surface area (TPSA) is 53.2 Å². The second kappa shape index (κ2) is 6.86. The molecule has 30 heavy (non-hydrogen) atoms. The summed E-state index contributed by atoms with van der Waals surface area (Å²) in [6.45, 7) is 9.75. The molecule has 0 amide bonds. The molecule has 0 atom stereocenters. The molecule has 3 aromatic rings. The van der Waals surface area contributed by atoms with Crippen LogP contribution < -0.4 is 15.0 Å². The Morgan fingerprint density at radius 2 is 1.87 bits per heavy atom. The van der Waals surface area contributed by atoms with Crippen molar-refractivity contribution in [3.05, 3.63) is 42.2 Å². The molecule has 1 aromatic carbocycles. The van der Waals surface area contributed by atoms with Crippen molar-refractivity contribution < 1.29 is 4.74 Å². The van der Waals surface area contributed by atoms with Crippen LogP contribution in [0.4, 0.5) is 5.13 Å². The van der Waals surface area contributed by atoms with E-state index in [-0.39, 0.29) is 11.1 Å². The maximum atomic E-state index is 6.07. The summed E-state index contributed by atoms with van der Waals surface area (Å²) < 4.78 is 6.07. The van der Waals surface area contributed by atoms with Crippen LogP contribution in [0.25, 0.3) is 21.6 Å². The van der Waals surface area contributed by atoms with Crippen molar-refractivity contribution in [1.29, 1.82) is 0 Å². The highest BCUT2D eigenvalue weighted by atomic mass is 32.1. The van der Waals surface area contributed by atoms with E-state index in [9.17, 15) is 0 Å². The molecule has 2 aliphatic heterocycles. The van der Waals surface area contributed by atoms with Gasteiger partial charge < -0.3 is 19.9 Å². The maximum Gasteiger partial charge on any atom is 0.234 e. The number of benzene rings is 1. The second-order valence-corrected chi connectivity index (χ2v) is 10.9. The lowest BCUT2D eigenvalue weighted by Crippen LogP contribution is -2.61. The fraction of sp³-hybridized carbons (Fsp3) is 0.458. The largest absolute Gasteiger partial charge is 0.472 e. The molecule has 1 fully saturated rings. The van der Waals surface area contributed by atoms with Crippen LogP contribution in [-0.2, 0) is 6.61 Å². The first-order valence-electron chi connectivity index (χ1n) is 10.6. The first-order chi connectivity index (χ1) is 14.2. The number of aromatic nitrogens is 2. The molecule has 0 bridgehead atoms. The Balaban J connectivity index is 1.45. The Kier molecular flexibility index (Phi) is 4.49. The quantitative estimate of drug-likeness (QED) is 0.590. The first-order valence-corrected chi connectivity index (χ1v) is 11.4. The zero-order valence-electron chi connectivity index (χ0n) is 18.4. The number of rotatable bonds is 3. The van der Waals surface area contributed by atoms with Crippen molar-refractivity contribution in [3.8, 4) is 27.4 Å². The second-order valence-electron chi connectivity index (χ2n) is 9.96. The molecule has 158 valence electrons. The standard InChI is InChI=1S/C24H30N4OS/c1-23(2)11-18(12-24(3,4)27-23)28(5)22-26-21-20(30-22)19-7-6-15(10-17(19)14-29-21)16-8-9-25-13-16/h6-10,13,18,25,27H,11-12,14H2,1-5H3. The highest BCUT2D eigenvalue weighted by molar-refractivity contribution is 7.19. The first kappa shape index (κ1) is 19.6. The van der Waals surface area contributed by atoms with Gasteiger partial charge in [0.15, 0.2) is 5.13 Å². The highest BCUT2D eigenvalue weighted by Gasteiger charge is 2.40. The van der Waals surface area contributed by atoms with Gasteiger partial charge in [-0.2, -0.15) is 4.98 Å². The Labute approximate surface area is 182 Å². The summed E-state index contributed by atoms with van der Waals surface area (Å²) in [4.78, 5) is 11.5. The van der Waals surface area contributed by atoms with Gasteiger partial charge in [0.25, 0.3) is 0 Å². The third-order valence-electron chi connectivity index (χ3n) is 6.25. The lowest BCUT2D eigenvalue weighted by atomic mass is 9.79. The number of fused-ring (bicyclic) bond motifs is 3. The van der Waals surface area contributed by atoms with Gasteiger partial charge in [0, 0.05) is 42.1 Å². The summed E-state index contributed by atoms with van der Waals surface area (Å²) in [6.07, 6.45) is 6.17. The van der Waals surface area contributed by atoms with Gasteiger partial charge in [-0.3, -0.25) is 0 Å². The van der Waals surface area contributed by atoms with Gasteiger partial charge >= 0.3 is 0 Å². The number of aromatic amines is 1. The number of thiazole rings is 1. The van der Waals surface area contributed by atoms with Crippen LogP contribution in [0.3, 0.4) is 0 Å². The number of nitrogens with one attached hydrogen (secondary N) is 2. The molecule has 2 aliphatic rings. The molecular weight excluding hydrogens is 392 g/mol. The number of anilines is 1. The van der Waals surface area contributed by atoms with Crippen LogP contribution >= 0.6 is 11.3 Å². The molecule has 5 nitrogen and oxygen atoms in total. The molecule has 0 aliphatic carbocycles. The predicted octanol–water partition coefficient (Wildman–Crippen LogP) is 5.44. The number of H-pyrrole nitrogens is 1. The van der Waals surface area contributed by atoms with Crippen molar-refractivity contribution in [2.24, 2.45) is 0 Å². The van der Waals surface area contributed by atoms with Crippen LogP contribution in [0.5, 0.6) is 5.88 Å². The molecule has 4 heterocycles. The number of piperidine rings is 1. The third-order valence-corrected chi connectivity index (χ3v) is 7.41. The van der Waals surface area contributed by atoms with E-state index < -0.39 is 0 Å². The Morgan fingerprint density at radius 3 is 2.57 bits per heavy atom. The minimum Gasteiger partial charge on any atom is -0.472 e. The average molecular weight is 423 g/mol. The predicted molar refractivity (Wildman–Crippen MR) is 124 cm³/mol. The smallest absolute Gasteiger partial charge is 0.234 e. The van der Waals surface area contributed by atoms with Crippen molar-refractivity contribution >= 4 is 16.5 Å². The molecule has 1 saturated heterocycles. The number of hydrogen-bond donors (Lipinski definition) is 2. The summed E-state index contributed by atoms with van der Waals surface area (Å²) in [5, 5.41) is 4.82. The molecule has 6 heteroatoms. The summed E-state index contributed by atoms with van der Waals surface area (Å²) in [7, 11) is 2.18. The molecular formula is C24H30N4OS. The SMILES string of the molecule is CN(c1nc2c(s1)-c1ccc(-c3cc[nH]c3)cc1CO2)C1CC(C)(C)NC(C)(C)C1. The van der Waals surface area contributed by atoms with E-state index in [0.29, 0.717) is 12.6 Å². The molecule has 2 N–H and O–H groups in total. The van der Waals surface area contributed by atoms with Crippen molar-refractivity contribution in [2.75, 3.05) is 11.9 Å². The number of ether oxygens (including phenoxy) is 1. The van der Waals surface area contributed by atoms with E-state index in [1.54, 1.807) is 11.3 Å². The summed E-state index contributed by atoms with van der Waals surface area (Å²) in [5.74, 6) is 0.774. The molecule has 0 unspecified atom stereocenters. The van der Waals surface area contributed by atoms with Crippen molar-refractivity contribution in [1.82, 2.24) is 15.3 Å². The lowest BCUT2D eigenvalue weighted by Gasteiger charge is -2.48. The van der Waals surface area contributed by atoms with E-state index >= 15 is 0 Å². The Hall–Kier alpha value is -2.31. The van der Waals surface area contributed by atoms with Crippen LogP contribution in [-0.4, -0.2) is 34.1 Å². The lowest BCUT2D eigenvalue weighted by molar-refractivity contribution is 0.161. The zero-order valence-corrected chi connectivity index (χ0v) is 19.2. The molecule has 2 aromatic heterocycles. The molecule has 0 spiro atoms. The molecule has 5 rings (SSSR count). The molecule has 0 saturated carbocycles. The molecule has 0 radical (unpaired) electrons. The fourth-order valence-electron chi connectivity index (χ4n) is 5.18. The Morgan fingerprint density at radius 1 is 1.10 bits per heavy atom. The minimum atomic E-state index is 0.106. The highest BCUT2D eigenvalue weighted by Crippen LogP contribution is 2.46. The van der Waals surface area contributed by atoms with Gasteiger partial charge in [-0.15, -0.1) is 0 Å². The van der Waals surface area contributed by atoms with E-state index in [2.05, 4.69) is 74.2 Å². The maximum absolute atomic E-state index is 6.07. The van der Waals surface area contributed by atoms with E-state index in [1.807, 2.05) is 12.4 Å². The number of nitrogens with zero attached hydrogens (tertiary/aromatic N) is 2. The normalized spacial score (nSPS) is 19.6. The van der Waals surface area contributed by atoms with Gasteiger partial charge in [0.1, 0.15) is 11.5 Å². The van der Waals surface area contributed by atoms with Crippen LogP contribution in [0, 0.1) is 0 Å². The third kappa shape index (κ3) is 3.52.